The summed E-state index contributed by atoms with van der Waals surface area (Å²) in [6.45, 7) is 5.29. The molecule has 0 fully saturated rings. The Hall–Kier alpha value is -3.38. The standard InChI is InChI=1S/C28H34N4O2/c1-20(2)18-21-10-12-23(13-11-21)31(4)28(25-9-7-6-8-22(25)15-17-30(28)3)32(5)26-19-29-16-14-24(26)27(33)34/h6-14,16,19-20H,15,17-18H2,1-5H3,(H,33,34). The van der Waals surface area contributed by atoms with Gasteiger partial charge in [0.25, 0.3) is 0 Å². The second-order valence-corrected chi connectivity index (χ2v) is 9.54. The molecule has 1 unspecified atom stereocenters. The second kappa shape index (κ2) is 9.47. The summed E-state index contributed by atoms with van der Waals surface area (Å²) in [4.78, 5) is 23.0. The number of carbonyl (C=O) groups is 1. The summed E-state index contributed by atoms with van der Waals surface area (Å²) in [7, 11) is 6.15. The van der Waals surface area contributed by atoms with Gasteiger partial charge in [0.1, 0.15) is 0 Å². The van der Waals surface area contributed by atoms with Crippen LogP contribution >= 0.6 is 0 Å². The molecule has 0 saturated carbocycles. The van der Waals surface area contributed by atoms with Crippen LogP contribution in [0.1, 0.15) is 40.9 Å². The van der Waals surface area contributed by atoms with Crippen LogP contribution in [0.25, 0.3) is 0 Å². The smallest absolute Gasteiger partial charge is 0.337 e. The Kier molecular flexibility index (Phi) is 6.62. The van der Waals surface area contributed by atoms with Crippen molar-refractivity contribution < 1.29 is 9.90 Å². The zero-order valence-electron chi connectivity index (χ0n) is 20.7. The molecule has 0 saturated heterocycles. The van der Waals surface area contributed by atoms with Crippen LogP contribution in [0, 0.1) is 5.92 Å². The largest absolute Gasteiger partial charge is 0.478 e. The van der Waals surface area contributed by atoms with Crippen molar-refractivity contribution in [2.75, 3.05) is 37.5 Å². The Bertz CT molecular complexity index is 1160. The molecule has 0 amide bonds. The fourth-order valence-electron chi connectivity index (χ4n) is 5.32. The number of rotatable bonds is 7. The summed E-state index contributed by atoms with van der Waals surface area (Å²) in [5, 5.41) is 9.93. The lowest BCUT2D eigenvalue weighted by Crippen LogP contribution is -2.67. The highest BCUT2D eigenvalue weighted by Gasteiger charge is 2.49. The van der Waals surface area contributed by atoms with Gasteiger partial charge in [-0.05, 0) is 55.1 Å². The summed E-state index contributed by atoms with van der Waals surface area (Å²) in [6, 6.07) is 18.7. The Morgan fingerprint density at radius 3 is 2.47 bits per heavy atom. The molecule has 2 heterocycles. The number of hydrogen-bond acceptors (Lipinski definition) is 5. The minimum atomic E-state index is -0.966. The predicted molar refractivity (Wildman–Crippen MR) is 137 cm³/mol. The summed E-state index contributed by atoms with van der Waals surface area (Å²) in [5.41, 5.74) is 5.57. The maximum atomic E-state index is 12.1. The first kappa shape index (κ1) is 23.8. The van der Waals surface area contributed by atoms with Crippen molar-refractivity contribution in [3.8, 4) is 0 Å². The third-order valence-electron chi connectivity index (χ3n) is 6.92. The fraction of sp³-hybridized carbons (Fsp3) is 0.357. The SMILES string of the molecule is CC(C)Cc1ccc(N(C)C2(N(C)c3cnccc3C(=O)O)c3ccccc3CCN2C)cc1. The number of hydrogen-bond donors (Lipinski definition) is 1. The summed E-state index contributed by atoms with van der Waals surface area (Å²) >= 11 is 0. The molecule has 1 aliphatic heterocycles. The molecule has 178 valence electrons. The number of carboxylic acid groups (broad SMARTS) is 1. The van der Waals surface area contributed by atoms with E-state index in [1.807, 2.05) is 7.05 Å². The van der Waals surface area contributed by atoms with E-state index in [0.29, 0.717) is 11.6 Å². The number of benzene rings is 2. The van der Waals surface area contributed by atoms with Crippen LogP contribution in [-0.2, 0) is 18.6 Å². The molecule has 2 aromatic carbocycles. The molecule has 1 aromatic heterocycles. The third-order valence-corrected chi connectivity index (χ3v) is 6.92. The second-order valence-electron chi connectivity index (χ2n) is 9.54. The van der Waals surface area contributed by atoms with Crippen LogP contribution < -0.4 is 9.80 Å². The molecule has 6 nitrogen and oxygen atoms in total. The van der Waals surface area contributed by atoms with Crippen molar-refractivity contribution in [3.05, 3.63) is 89.2 Å². The molecule has 1 atom stereocenters. The van der Waals surface area contributed by atoms with E-state index in [-0.39, 0.29) is 5.56 Å². The van der Waals surface area contributed by atoms with E-state index >= 15 is 0 Å². The van der Waals surface area contributed by atoms with Crippen molar-refractivity contribution in [3.63, 3.8) is 0 Å². The number of fused-ring (bicyclic) bond motifs is 1. The van der Waals surface area contributed by atoms with E-state index < -0.39 is 11.8 Å². The molecule has 4 rings (SSSR count). The molecule has 0 spiro atoms. The van der Waals surface area contributed by atoms with Gasteiger partial charge >= 0.3 is 5.97 Å². The zero-order chi connectivity index (χ0) is 24.5. The first-order valence-electron chi connectivity index (χ1n) is 11.8. The van der Waals surface area contributed by atoms with E-state index in [9.17, 15) is 9.90 Å². The summed E-state index contributed by atoms with van der Waals surface area (Å²) in [6.07, 6.45) is 5.15. The minimum Gasteiger partial charge on any atom is -0.478 e. The molecule has 34 heavy (non-hydrogen) atoms. The highest BCUT2D eigenvalue weighted by molar-refractivity contribution is 5.94. The van der Waals surface area contributed by atoms with Crippen molar-refractivity contribution in [1.82, 2.24) is 9.88 Å². The average Bonchev–Trinajstić information content (AvgIpc) is 2.83. The lowest BCUT2D eigenvalue weighted by atomic mass is 9.90. The van der Waals surface area contributed by atoms with E-state index in [2.05, 4.69) is 96.2 Å². The summed E-state index contributed by atoms with van der Waals surface area (Å²) < 4.78 is 0. The highest BCUT2D eigenvalue weighted by atomic mass is 16.4. The number of carboxylic acids is 1. The van der Waals surface area contributed by atoms with Gasteiger partial charge in [-0.15, -0.1) is 0 Å². The Morgan fingerprint density at radius 1 is 1.09 bits per heavy atom. The van der Waals surface area contributed by atoms with Gasteiger partial charge in [0.05, 0.1) is 17.4 Å². The molecule has 6 heteroatoms. The molecule has 0 radical (unpaired) electrons. The van der Waals surface area contributed by atoms with Gasteiger partial charge in [0, 0.05) is 38.1 Å². The zero-order valence-corrected chi connectivity index (χ0v) is 20.7. The molecule has 3 aromatic rings. The minimum absolute atomic E-state index is 0.231. The molecular weight excluding hydrogens is 424 g/mol. The predicted octanol–water partition coefficient (Wildman–Crippen LogP) is 4.85. The van der Waals surface area contributed by atoms with Gasteiger partial charge in [-0.25, -0.2) is 4.79 Å². The summed E-state index contributed by atoms with van der Waals surface area (Å²) in [5.74, 6) is -1.12. The maximum absolute atomic E-state index is 12.1. The fourth-order valence-corrected chi connectivity index (χ4v) is 5.32. The lowest BCUT2D eigenvalue weighted by molar-refractivity contribution is 0.0694. The maximum Gasteiger partial charge on any atom is 0.337 e. The number of anilines is 2. The van der Waals surface area contributed by atoms with E-state index in [1.54, 1.807) is 12.3 Å². The van der Waals surface area contributed by atoms with Gasteiger partial charge in [-0.1, -0.05) is 50.2 Å². The van der Waals surface area contributed by atoms with Crippen LogP contribution in [0.4, 0.5) is 11.4 Å². The van der Waals surface area contributed by atoms with Gasteiger partial charge in [0.2, 0.25) is 0 Å². The average molecular weight is 459 g/mol. The topological polar surface area (TPSA) is 59.9 Å². The Morgan fingerprint density at radius 2 is 1.79 bits per heavy atom. The normalized spacial score (nSPS) is 17.9. The van der Waals surface area contributed by atoms with Crippen LogP contribution in [0.15, 0.2) is 67.0 Å². The monoisotopic (exact) mass is 458 g/mol. The number of pyridine rings is 1. The van der Waals surface area contributed by atoms with Gasteiger partial charge in [0.15, 0.2) is 5.79 Å². The molecule has 0 aliphatic carbocycles. The van der Waals surface area contributed by atoms with Gasteiger partial charge < -0.3 is 14.9 Å². The number of nitrogens with zero attached hydrogens (tertiary/aromatic N) is 4. The highest BCUT2D eigenvalue weighted by Crippen LogP contribution is 2.44. The first-order valence-corrected chi connectivity index (χ1v) is 11.8. The van der Waals surface area contributed by atoms with Crippen LogP contribution in [0.2, 0.25) is 0 Å². The molecule has 1 aliphatic rings. The van der Waals surface area contributed by atoms with E-state index in [4.69, 9.17) is 0 Å². The molecular formula is C28H34N4O2. The van der Waals surface area contributed by atoms with E-state index in [0.717, 1.165) is 30.6 Å². The van der Waals surface area contributed by atoms with Crippen molar-refractivity contribution in [2.45, 2.75) is 32.5 Å². The van der Waals surface area contributed by atoms with Crippen LogP contribution in [0.3, 0.4) is 0 Å². The Labute approximate surface area is 202 Å². The number of likely N-dealkylation sites (N-methyl/N-ethyl adjacent to an activating group) is 1. The van der Waals surface area contributed by atoms with Gasteiger partial charge in [-0.2, -0.15) is 0 Å². The van der Waals surface area contributed by atoms with Crippen LogP contribution in [0.5, 0.6) is 0 Å². The number of aromatic carboxylic acids is 1. The third kappa shape index (κ3) is 4.03. The molecule has 0 bridgehead atoms. The van der Waals surface area contributed by atoms with E-state index in [1.165, 1.54) is 17.3 Å². The van der Waals surface area contributed by atoms with Crippen molar-refractivity contribution >= 4 is 17.3 Å². The van der Waals surface area contributed by atoms with Crippen LogP contribution in [-0.4, -0.2) is 48.6 Å². The van der Waals surface area contributed by atoms with Crippen molar-refractivity contribution in [2.24, 2.45) is 5.92 Å². The van der Waals surface area contributed by atoms with Crippen molar-refractivity contribution in [1.29, 1.82) is 0 Å². The van der Waals surface area contributed by atoms with Gasteiger partial charge in [-0.3, -0.25) is 9.88 Å². The first-order chi connectivity index (χ1) is 16.3. The Balaban J connectivity index is 1.91. The quantitative estimate of drug-likeness (QED) is 0.511. The lowest BCUT2D eigenvalue weighted by Gasteiger charge is -2.57. The number of aromatic nitrogens is 1. The molecule has 1 N–H and O–H groups in total.